The fourth-order valence-electron chi connectivity index (χ4n) is 2.30. The van der Waals surface area contributed by atoms with E-state index in [1.165, 1.54) is 11.8 Å². The monoisotopic (exact) mass is 403 g/mol. The van der Waals surface area contributed by atoms with Gasteiger partial charge in [-0.3, -0.25) is 4.79 Å². The standard InChI is InChI=1S/C19H18ClN3O3S/c1-23(11-13-3-9-16(25-2)10-4-13)17(24)12-27-19-22-21-18(26-19)14-5-7-15(20)8-6-14/h3-10H,11-12H2,1-2H3. The van der Waals surface area contributed by atoms with Gasteiger partial charge in [-0.15, -0.1) is 10.2 Å². The molecule has 8 heteroatoms. The second-order valence-corrected chi connectivity index (χ2v) is 7.13. The number of methoxy groups -OCH3 is 1. The van der Waals surface area contributed by atoms with E-state index in [9.17, 15) is 4.79 Å². The fraction of sp³-hybridized carbons (Fsp3) is 0.211. The van der Waals surface area contributed by atoms with Gasteiger partial charge in [0.2, 0.25) is 11.8 Å². The van der Waals surface area contributed by atoms with Crippen molar-refractivity contribution < 1.29 is 13.9 Å². The molecule has 3 aromatic rings. The Labute approximate surface area is 166 Å². The average Bonchev–Trinajstić information content (AvgIpc) is 3.16. The third-order valence-corrected chi connectivity index (χ3v) is 4.88. The van der Waals surface area contributed by atoms with Crippen LogP contribution in [0.5, 0.6) is 5.75 Å². The van der Waals surface area contributed by atoms with Crippen molar-refractivity contribution in [2.75, 3.05) is 19.9 Å². The molecule has 2 aromatic carbocycles. The Balaban J connectivity index is 1.53. The van der Waals surface area contributed by atoms with Crippen LogP contribution in [-0.4, -0.2) is 40.9 Å². The molecule has 0 bridgehead atoms. The quantitative estimate of drug-likeness (QED) is 0.552. The van der Waals surface area contributed by atoms with Gasteiger partial charge < -0.3 is 14.1 Å². The molecular weight excluding hydrogens is 386 g/mol. The smallest absolute Gasteiger partial charge is 0.277 e. The van der Waals surface area contributed by atoms with Crippen LogP contribution in [-0.2, 0) is 11.3 Å². The number of nitrogens with zero attached hydrogens (tertiary/aromatic N) is 3. The van der Waals surface area contributed by atoms with E-state index in [4.69, 9.17) is 20.8 Å². The molecule has 0 aliphatic carbocycles. The minimum Gasteiger partial charge on any atom is -0.497 e. The van der Waals surface area contributed by atoms with Gasteiger partial charge in [0.05, 0.1) is 12.9 Å². The Kier molecular flexibility index (Phi) is 6.36. The number of rotatable bonds is 7. The second-order valence-electron chi connectivity index (χ2n) is 5.77. The van der Waals surface area contributed by atoms with Crippen LogP contribution >= 0.6 is 23.4 Å². The molecule has 0 aliphatic rings. The van der Waals surface area contributed by atoms with Crippen LogP contribution in [0.4, 0.5) is 0 Å². The van der Waals surface area contributed by atoms with Crippen molar-refractivity contribution in [1.82, 2.24) is 15.1 Å². The van der Waals surface area contributed by atoms with E-state index in [0.29, 0.717) is 22.7 Å². The van der Waals surface area contributed by atoms with Crippen LogP contribution in [0.25, 0.3) is 11.5 Å². The third kappa shape index (κ3) is 5.24. The molecule has 0 aliphatic heterocycles. The van der Waals surface area contributed by atoms with Gasteiger partial charge in [0.15, 0.2) is 0 Å². The Morgan fingerprint density at radius 1 is 1.15 bits per heavy atom. The topological polar surface area (TPSA) is 68.5 Å². The van der Waals surface area contributed by atoms with Gasteiger partial charge in [0.1, 0.15) is 5.75 Å². The predicted octanol–water partition coefficient (Wildman–Crippen LogP) is 4.15. The van der Waals surface area contributed by atoms with E-state index >= 15 is 0 Å². The van der Waals surface area contributed by atoms with Crippen LogP contribution < -0.4 is 4.74 Å². The van der Waals surface area contributed by atoms with E-state index in [1.54, 1.807) is 43.3 Å². The van der Waals surface area contributed by atoms with E-state index < -0.39 is 0 Å². The lowest BCUT2D eigenvalue weighted by atomic mass is 10.2. The molecule has 0 unspecified atom stereocenters. The summed E-state index contributed by atoms with van der Waals surface area (Å²) in [5.74, 6) is 1.38. The van der Waals surface area contributed by atoms with Crippen LogP contribution in [0.3, 0.4) is 0 Å². The van der Waals surface area contributed by atoms with Crippen molar-refractivity contribution in [3.63, 3.8) is 0 Å². The molecular formula is C19H18ClN3O3S. The number of hydrogen-bond acceptors (Lipinski definition) is 6. The molecule has 140 valence electrons. The summed E-state index contributed by atoms with van der Waals surface area (Å²) in [5.41, 5.74) is 1.81. The first kappa shape index (κ1) is 19.3. The average molecular weight is 404 g/mol. The molecule has 0 spiro atoms. The molecule has 0 radical (unpaired) electrons. The summed E-state index contributed by atoms with van der Waals surface area (Å²) in [7, 11) is 3.39. The molecule has 0 atom stereocenters. The minimum atomic E-state index is -0.0259. The number of carbonyl (C=O) groups is 1. The summed E-state index contributed by atoms with van der Waals surface area (Å²) in [6.07, 6.45) is 0. The van der Waals surface area contributed by atoms with E-state index in [1.807, 2.05) is 24.3 Å². The van der Waals surface area contributed by atoms with Crippen LogP contribution in [0.2, 0.25) is 5.02 Å². The third-order valence-electron chi connectivity index (χ3n) is 3.82. The number of carbonyl (C=O) groups excluding carboxylic acids is 1. The molecule has 27 heavy (non-hydrogen) atoms. The lowest BCUT2D eigenvalue weighted by Gasteiger charge is -2.16. The van der Waals surface area contributed by atoms with Gasteiger partial charge in [0, 0.05) is 24.2 Å². The first-order valence-electron chi connectivity index (χ1n) is 8.14. The lowest BCUT2D eigenvalue weighted by molar-refractivity contribution is -0.127. The van der Waals surface area contributed by atoms with Gasteiger partial charge >= 0.3 is 0 Å². The number of benzene rings is 2. The molecule has 0 saturated heterocycles. The molecule has 6 nitrogen and oxygen atoms in total. The number of amides is 1. The zero-order valence-corrected chi connectivity index (χ0v) is 16.5. The van der Waals surface area contributed by atoms with Crippen molar-refractivity contribution in [3.8, 4) is 17.2 Å². The zero-order valence-electron chi connectivity index (χ0n) is 14.9. The first-order chi connectivity index (χ1) is 13.0. The summed E-state index contributed by atoms with van der Waals surface area (Å²) in [6.45, 7) is 0.517. The summed E-state index contributed by atoms with van der Waals surface area (Å²) >= 11 is 7.09. The van der Waals surface area contributed by atoms with E-state index in [2.05, 4.69) is 10.2 Å². The lowest BCUT2D eigenvalue weighted by Crippen LogP contribution is -2.27. The second kappa shape index (κ2) is 8.92. The fourth-order valence-corrected chi connectivity index (χ4v) is 3.13. The number of ether oxygens (including phenoxy) is 1. The van der Waals surface area contributed by atoms with Crippen molar-refractivity contribution in [2.24, 2.45) is 0 Å². The summed E-state index contributed by atoms with van der Waals surface area (Å²) < 4.78 is 10.7. The highest BCUT2D eigenvalue weighted by Crippen LogP contribution is 2.24. The minimum absolute atomic E-state index is 0.0259. The van der Waals surface area contributed by atoms with E-state index in [0.717, 1.165) is 16.9 Å². The Morgan fingerprint density at radius 3 is 2.52 bits per heavy atom. The number of halogens is 1. The zero-order chi connectivity index (χ0) is 19.2. The molecule has 0 fully saturated rings. The molecule has 3 rings (SSSR count). The highest BCUT2D eigenvalue weighted by atomic mass is 35.5. The highest BCUT2D eigenvalue weighted by Gasteiger charge is 2.14. The first-order valence-corrected chi connectivity index (χ1v) is 9.50. The molecule has 1 heterocycles. The van der Waals surface area contributed by atoms with Crippen LogP contribution in [0.15, 0.2) is 58.2 Å². The number of aromatic nitrogens is 2. The Hall–Kier alpha value is -2.51. The summed E-state index contributed by atoms with van der Waals surface area (Å²) in [4.78, 5) is 14.0. The largest absolute Gasteiger partial charge is 0.497 e. The van der Waals surface area contributed by atoms with E-state index in [-0.39, 0.29) is 11.7 Å². The number of hydrogen-bond donors (Lipinski definition) is 0. The molecule has 1 amide bonds. The maximum atomic E-state index is 12.3. The Morgan fingerprint density at radius 2 is 1.85 bits per heavy atom. The van der Waals surface area contributed by atoms with Gasteiger partial charge in [-0.2, -0.15) is 0 Å². The van der Waals surface area contributed by atoms with Crippen LogP contribution in [0, 0.1) is 0 Å². The highest BCUT2D eigenvalue weighted by molar-refractivity contribution is 7.99. The van der Waals surface area contributed by atoms with Gasteiger partial charge in [0.25, 0.3) is 5.22 Å². The van der Waals surface area contributed by atoms with Gasteiger partial charge in [-0.05, 0) is 42.0 Å². The summed E-state index contributed by atoms with van der Waals surface area (Å²) in [6, 6.07) is 14.7. The normalized spacial score (nSPS) is 10.6. The van der Waals surface area contributed by atoms with Crippen molar-refractivity contribution in [3.05, 3.63) is 59.1 Å². The van der Waals surface area contributed by atoms with Crippen molar-refractivity contribution in [1.29, 1.82) is 0 Å². The van der Waals surface area contributed by atoms with Crippen LogP contribution in [0.1, 0.15) is 5.56 Å². The van der Waals surface area contributed by atoms with Crippen molar-refractivity contribution in [2.45, 2.75) is 11.8 Å². The summed E-state index contributed by atoms with van der Waals surface area (Å²) in [5, 5.41) is 8.97. The van der Waals surface area contributed by atoms with Gasteiger partial charge in [-0.1, -0.05) is 35.5 Å². The maximum Gasteiger partial charge on any atom is 0.277 e. The van der Waals surface area contributed by atoms with Crippen molar-refractivity contribution >= 4 is 29.3 Å². The number of thioether (sulfide) groups is 1. The predicted molar refractivity (Wildman–Crippen MR) is 105 cm³/mol. The maximum absolute atomic E-state index is 12.3. The molecule has 1 aromatic heterocycles. The van der Waals surface area contributed by atoms with Gasteiger partial charge in [-0.25, -0.2) is 0 Å². The molecule has 0 N–H and O–H groups in total. The SMILES string of the molecule is COc1ccc(CN(C)C(=O)CSc2nnc(-c3ccc(Cl)cc3)o2)cc1. The Bertz CT molecular complexity index is 897. The molecule has 0 saturated carbocycles.